The minimum absolute atomic E-state index is 1.14. The Labute approximate surface area is 120 Å². The fraction of sp³-hybridized carbons (Fsp3) is 0.263. The van der Waals surface area contributed by atoms with Gasteiger partial charge in [0.15, 0.2) is 0 Å². The Balaban J connectivity index is 1.60. The van der Waals surface area contributed by atoms with Crippen molar-refractivity contribution in [3.8, 4) is 0 Å². The molecule has 20 heavy (non-hydrogen) atoms. The summed E-state index contributed by atoms with van der Waals surface area (Å²) in [4.78, 5) is 0. The van der Waals surface area contributed by atoms with Gasteiger partial charge < -0.3 is 5.32 Å². The van der Waals surface area contributed by atoms with Gasteiger partial charge in [-0.1, -0.05) is 35.9 Å². The first-order chi connectivity index (χ1) is 9.90. The minimum Gasteiger partial charge on any atom is -0.356 e. The van der Waals surface area contributed by atoms with Crippen LogP contribution in [0.25, 0.3) is 5.57 Å². The maximum absolute atomic E-state index is 3.53. The molecule has 1 aromatic rings. The SMILES string of the molecule is C1=CC(Nc2ccc3c(c2)CC2=C3C=CCC2)=CCC1. The van der Waals surface area contributed by atoms with Gasteiger partial charge in [-0.3, -0.25) is 0 Å². The molecular formula is C19H19N. The molecule has 0 aromatic heterocycles. The summed E-state index contributed by atoms with van der Waals surface area (Å²) in [5, 5.41) is 3.53. The van der Waals surface area contributed by atoms with Gasteiger partial charge in [0.25, 0.3) is 0 Å². The zero-order valence-electron chi connectivity index (χ0n) is 11.7. The van der Waals surface area contributed by atoms with Gasteiger partial charge in [-0.25, -0.2) is 0 Å². The summed E-state index contributed by atoms with van der Waals surface area (Å²) in [6, 6.07) is 6.81. The number of hydrogen-bond donors (Lipinski definition) is 1. The largest absolute Gasteiger partial charge is 0.356 e. The van der Waals surface area contributed by atoms with Crippen LogP contribution >= 0.6 is 0 Å². The highest BCUT2D eigenvalue weighted by Gasteiger charge is 2.21. The van der Waals surface area contributed by atoms with Crippen molar-refractivity contribution in [2.75, 3.05) is 5.32 Å². The van der Waals surface area contributed by atoms with E-state index in [9.17, 15) is 0 Å². The van der Waals surface area contributed by atoms with Crippen LogP contribution < -0.4 is 5.32 Å². The standard InChI is InChI=1S/C19H19N/c1-2-7-16(8-3-1)20-17-10-11-19-15(13-17)12-14-6-4-5-9-18(14)19/h2,5,7-11,13,20H,1,3-4,6,12H2. The van der Waals surface area contributed by atoms with Crippen molar-refractivity contribution in [2.24, 2.45) is 0 Å². The van der Waals surface area contributed by atoms with E-state index in [4.69, 9.17) is 0 Å². The number of nitrogens with one attached hydrogen (secondary N) is 1. The first-order valence-electron chi connectivity index (χ1n) is 7.56. The molecule has 0 fully saturated rings. The average Bonchev–Trinajstić information content (AvgIpc) is 2.86. The fourth-order valence-electron chi connectivity index (χ4n) is 3.36. The van der Waals surface area contributed by atoms with Crippen LogP contribution in [0.15, 0.2) is 59.8 Å². The van der Waals surface area contributed by atoms with Crippen LogP contribution in [0.3, 0.4) is 0 Å². The maximum atomic E-state index is 3.53. The van der Waals surface area contributed by atoms with E-state index in [0.717, 1.165) is 12.8 Å². The summed E-state index contributed by atoms with van der Waals surface area (Å²) in [7, 11) is 0. The molecule has 0 amide bonds. The normalized spacial score (nSPS) is 19.7. The Bertz CT molecular complexity index is 671. The highest BCUT2D eigenvalue weighted by Crippen LogP contribution is 2.39. The predicted octanol–water partition coefficient (Wildman–Crippen LogP) is 4.99. The quantitative estimate of drug-likeness (QED) is 0.790. The molecule has 0 saturated heterocycles. The summed E-state index contributed by atoms with van der Waals surface area (Å²) in [6.45, 7) is 0. The van der Waals surface area contributed by atoms with Gasteiger partial charge in [0.2, 0.25) is 0 Å². The number of rotatable bonds is 2. The summed E-state index contributed by atoms with van der Waals surface area (Å²) in [5.41, 5.74) is 8.46. The van der Waals surface area contributed by atoms with Gasteiger partial charge >= 0.3 is 0 Å². The van der Waals surface area contributed by atoms with Crippen LogP contribution in [0.5, 0.6) is 0 Å². The van der Waals surface area contributed by atoms with E-state index in [1.54, 1.807) is 5.57 Å². The van der Waals surface area contributed by atoms with Gasteiger partial charge in [-0.15, -0.1) is 0 Å². The minimum atomic E-state index is 1.14. The van der Waals surface area contributed by atoms with Crippen molar-refractivity contribution in [2.45, 2.75) is 32.1 Å². The average molecular weight is 261 g/mol. The summed E-state index contributed by atoms with van der Waals surface area (Å²) >= 11 is 0. The van der Waals surface area contributed by atoms with Gasteiger partial charge in [-0.2, -0.15) is 0 Å². The van der Waals surface area contributed by atoms with Crippen LogP contribution in [-0.2, 0) is 6.42 Å². The lowest BCUT2D eigenvalue weighted by molar-refractivity contribution is 0.935. The highest BCUT2D eigenvalue weighted by molar-refractivity contribution is 5.84. The molecule has 3 aliphatic carbocycles. The Hall–Kier alpha value is -2.02. The van der Waals surface area contributed by atoms with E-state index in [1.807, 2.05) is 0 Å². The van der Waals surface area contributed by atoms with Crippen LogP contribution in [0.2, 0.25) is 0 Å². The van der Waals surface area contributed by atoms with E-state index < -0.39 is 0 Å². The molecule has 0 bridgehead atoms. The molecule has 1 nitrogen and oxygen atoms in total. The Morgan fingerprint density at radius 3 is 2.80 bits per heavy atom. The lowest BCUT2D eigenvalue weighted by Crippen LogP contribution is -2.00. The van der Waals surface area contributed by atoms with E-state index in [-0.39, 0.29) is 0 Å². The number of benzene rings is 1. The van der Waals surface area contributed by atoms with Gasteiger partial charge in [0.05, 0.1) is 0 Å². The molecule has 0 atom stereocenters. The third kappa shape index (κ3) is 2.03. The van der Waals surface area contributed by atoms with E-state index in [0.29, 0.717) is 0 Å². The molecule has 0 heterocycles. The summed E-state index contributed by atoms with van der Waals surface area (Å²) in [6.07, 6.45) is 17.2. The monoisotopic (exact) mass is 261 g/mol. The molecule has 1 aromatic carbocycles. The lowest BCUT2D eigenvalue weighted by atomic mass is 9.98. The van der Waals surface area contributed by atoms with Crippen molar-refractivity contribution in [1.29, 1.82) is 0 Å². The van der Waals surface area contributed by atoms with Gasteiger partial charge in [0, 0.05) is 11.4 Å². The van der Waals surface area contributed by atoms with E-state index in [1.165, 1.54) is 47.3 Å². The van der Waals surface area contributed by atoms with E-state index >= 15 is 0 Å². The van der Waals surface area contributed by atoms with Crippen LogP contribution in [-0.4, -0.2) is 0 Å². The molecule has 0 saturated carbocycles. The number of allylic oxidation sites excluding steroid dienone is 7. The topological polar surface area (TPSA) is 12.0 Å². The smallest absolute Gasteiger partial charge is 0.0387 e. The predicted molar refractivity (Wildman–Crippen MR) is 85.5 cm³/mol. The Morgan fingerprint density at radius 1 is 0.950 bits per heavy atom. The maximum Gasteiger partial charge on any atom is 0.0387 e. The molecule has 3 aliphatic rings. The summed E-state index contributed by atoms with van der Waals surface area (Å²) in [5.74, 6) is 0. The molecule has 1 heteroatoms. The fourth-order valence-corrected chi connectivity index (χ4v) is 3.36. The third-order valence-electron chi connectivity index (χ3n) is 4.36. The first kappa shape index (κ1) is 11.8. The van der Waals surface area contributed by atoms with Crippen molar-refractivity contribution >= 4 is 11.3 Å². The van der Waals surface area contributed by atoms with Crippen molar-refractivity contribution in [1.82, 2.24) is 0 Å². The number of fused-ring (bicyclic) bond motifs is 2. The van der Waals surface area contributed by atoms with Crippen LogP contribution in [0.4, 0.5) is 5.69 Å². The second kappa shape index (κ2) is 4.82. The Kier molecular flexibility index (Phi) is 2.84. The van der Waals surface area contributed by atoms with Crippen molar-refractivity contribution < 1.29 is 0 Å². The molecule has 4 rings (SSSR count). The molecular weight excluding hydrogens is 242 g/mol. The highest BCUT2D eigenvalue weighted by atomic mass is 14.9. The van der Waals surface area contributed by atoms with E-state index in [2.05, 4.69) is 53.9 Å². The zero-order chi connectivity index (χ0) is 13.4. The van der Waals surface area contributed by atoms with Crippen molar-refractivity contribution in [3.05, 3.63) is 71.0 Å². The number of anilines is 1. The number of hydrogen-bond acceptors (Lipinski definition) is 1. The molecule has 1 N–H and O–H groups in total. The molecule has 0 unspecified atom stereocenters. The zero-order valence-corrected chi connectivity index (χ0v) is 11.7. The van der Waals surface area contributed by atoms with Crippen molar-refractivity contribution in [3.63, 3.8) is 0 Å². The van der Waals surface area contributed by atoms with Gasteiger partial charge in [0.1, 0.15) is 0 Å². The molecule has 0 radical (unpaired) electrons. The molecule has 0 spiro atoms. The summed E-state index contributed by atoms with van der Waals surface area (Å²) < 4.78 is 0. The van der Waals surface area contributed by atoms with Gasteiger partial charge in [-0.05, 0) is 67.0 Å². The molecule has 100 valence electrons. The van der Waals surface area contributed by atoms with Crippen LogP contribution in [0.1, 0.15) is 36.8 Å². The third-order valence-corrected chi connectivity index (χ3v) is 4.36. The Morgan fingerprint density at radius 2 is 1.90 bits per heavy atom. The molecule has 0 aliphatic heterocycles. The lowest BCUT2D eigenvalue weighted by Gasteiger charge is -2.12. The van der Waals surface area contributed by atoms with Crippen LogP contribution in [0, 0.1) is 0 Å². The first-order valence-corrected chi connectivity index (χ1v) is 7.56. The second-order valence-electron chi connectivity index (χ2n) is 5.77. The second-order valence-corrected chi connectivity index (χ2v) is 5.77.